The van der Waals surface area contributed by atoms with Crippen LogP contribution in [0.3, 0.4) is 0 Å². The van der Waals surface area contributed by atoms with Gasteiger partial charge in [-0.2, -0.15) is 0 Å². The number of hydrogen-bond donors (Lipinski definition) is 1. The molecule has 1 aliphatic heterocycles. The first-order valence-corrected chi connectivity index (χ1v) is 10.8. The maximum absolute atomic E-state index is 12.5. The van der Waals surface area contributed by atoms with Crippen LogP contribution in [0, 0.1) is 0 Å². The maximum atomic E-state index is 12.5. The summed E-state index contributed by atoms with van der Waals surface area (Å²) >= 11 is 1.58. The molecular weight excluding hydrogens is 372 g/mol. The summed E-state index contributed by atoms with van der Waals surface area (Å²) < 4.78 is 32.8. The van der Waals surface area contributed by atoms with Crippen molar-refractivity contribution in [3.05, 3.63) is 46.7 Å². The van der Waals surface area contributed by atoms with Gasteiger partial charge in [0.2, 0.25) is 15.9 Å². The van der Waals surface area contributed by atoms with Gasteiger partial charge in [-0.05, 0) is 48.6 Å². The minimum Gasteiger partial charge on any atom is -0.497 e. The summed E-state index contributed by atoms with van der Waals surface area (Å²) in [4.78, 5) is 15.4. The smallest absolute Gasteiger partial charge is 0.240 e. The third-order valence-electron chi connectivity index (χ3n) is 4.44. The fourth-order valence-corrected chi connectivity index (χ4v) is 4.96. The van der Waals surface area contributed by atoms with Gasteiger partial charge in [0, 0.05) is 24.0 Å². The number of carbonyl (C=O) groups excluding carboxylic acids is 1. The second-order valence-electron chi connectivity index (χ2n) is 6.21. The third kappa shape index (κ3) is 4.63. The summed E-state index contributed by atoms with van der Waals surface area (Å²) in [6, 6.07) is 10.0. The number of methoxy groups -OCH3 is 1. The first-order chi connectivity index (χ1) is 12.5. The molecule has 0 radical (unpaired) electrons. The zero-order valence-electron chi connectivity index (χ0n) is 14.6. The van der Waals surface area contributed by atoms with Crippen molar-refractivity contribution in [1.82, 2.24) is 9.62 Å². The average Bonchev–Trinajstić information content (AvgIpc) is 3.15. The van der Waals surface area contributed by atoms with E-state index in [0.717, 1.165) is 4.88 Å². The molecule has 1 aromatic heterocycles. The highest BCUT2D eigenvalue weighted by Crippen LogP contribution is 2.19. The number of benzene rings is 1. The number of likely N-dealkylation sites (tertiary alicyclic amines) is 1. The van der Waals surface area contributed by atoms with Gasteiger partial charge in [0.1, 0.15) is 5.75 Å². The summed E-state index contributed by atoms with van der Waals surface area (Å²) in [5.74, 6) is 0.713. The Morgan fingerprint density at radius 1 is 1.23 bits per heavy atom. The van der Waals surface area contributed by atoms with Gasteiger partial charge >= 0.3 is 0 Å². The standard InChI is InChI=1S/C18H22N2O4S2/c1-24-15-4-6-17(7-5-15)26(22,23)19-14-8-10-20(11-9-14)18(21)13-16-3-2-12-25-16/h2-7,12,14,19H,8-11,13H2,1H3. The van der Waals surface area contributed by atoms with E-state index in [2.05, 4.69) is 4.72 Å². The van der Waals surface area contributed by atoms with Gasteiger partial charge in [-0.15, -0.1) is 11.3 Å². The number of hydrogen-bond acceptors (Lipinski definition) is 5. The number of sulfonamides is 1. The second-order valence-corrected chi connectivity index (χ2v) is 8.95. The Balaban J connectivity index is 1.53. The van der Waals surface area contributed by atoms with Crippen LogP contribution in [0.2, 0.25) is 0 Å². The van der Waals surface area contributed by atoms with Gasteiger partial charge in [-0.3, -0.25) is 4.79 Å². The molecule has 1 fully saturated rings. The second kappa shape index (κ2) is 8.20. The molecule has 3 rings (SSSR count). The number of thiophene rings is 1. The van der Waals surface area contributed by atoms with Crippen molar-refractivity contribution in [2.45, 2.75) is 30.2 Å². The number of rotatable bonds is 6. The Kier molecular flexibility index (Phi) is 5.95. The summed E-state index contributed by atoms with van der Waals surface area (Å²) in [6.45, 7) is 1.14. The fraction of sp³-hybridized carbons (Fsp3) is 0.389. The summed E-state index contributed by atoms with van der Waals surface area (Å²) in [6.07, 6.45) is 1.65. The van der Waals surface area contributed by atoms with Gasteiger partial charge in [0.25, 0.3) is 0 Å². The lowest BCUT2D eigenvalue weighted by atomic mass is 10.1. The van der Waals surface area contributed by atoms with Crippen LogP contribution < -0.4 is 9.46 Å². The number of nitrogens with zero attached hydrogens (tertiary/aromatic N) is 1. The monoisotopic (exact) mass is 394 g/mol. The Bertz CT molecular complexity index is 825. The number of amides is 1. The lowest BCUT2D eigenvalue weighted by molar-refractivity contribution is -0.131. The van der Waals surface area contributed by atoms with E-state index in [1.165, 1.54) is 19.2 Å². The topological polar surface area (TPSA) is 75.7 Å². The molecule has 6 nitrogen and oxygen atoms in total. The van der Waals surface area contributed by atoms with Crippen LogP contribution in [0.15, 0.2) is 46.7 Å². The minimum absolute atomic E-state index is 0.101. The molecule has 0 spiro atoms. The van der Waals surface area contributed by atoms with Gasteiger partial charge < -0.3 is 9.64 Å². The van der Waals surface area contributed by atoms with Gasteiger partial charge in [0.05, 0.1) is 18.4 Å². The molecule has 1 saturated heterocycles. The number of piperidine rings is 1. The fourth-order valence-electron chi connectivity index (χ4n) is 2.96. The number of carbonyl (C=O) groups is 1. The summed E-state index contributed by atoms with van der Waals surface area (Å²) in [5, 5.41) is 1.96. The van der Waals surface area contributed by atoms with Gasteiger partial charge in [-0.25, -0.2) is 13.1 Å². The maximum Gasteiger partial charge on any atom is 0.240 e. The van der Waals surface area contributed by atoms with E-state index < -0.39 is 10.0 Å². The molecule has 2 heterocycles. The molecule has 0 saturated carbocycles. The molecule has 2 aromatic rings. The van der Waals surface area contributed by atoms with Crippen molar-refractivity contribution in [3.8, 4) is 5.75 Å². The quantitative estimate of drug-likeness (QED) is 0.816. The van der Waals surface area contributed by atoms with Crippen molar-refractivity contribution >= 4 is 27.3 Å². The molecule has 140 valence electrons. The molecule has 0 unspecified atom stereocenters. The van der Waals surface area contributed by atoms with E-state index in [-0.39, 0.29) is 16.8 Å². The minimum atomic E-state index is -3.57. The molecule has 1 aromatic carbocycles. The first kappa shape index (κ1) is 18.9. The van der Waals surface area contributed by atoms with Crippen LogP contribution in [-0.4, -0.2) is 45.5 Å². The first-order valence-electron chi connectivity index (χ1n) is 8.44. The molecular formula is C18H22N2O4S2. The molecule has 1 N–H and O–H groups in total. The Labute approximate surface area is 157 Å². The van der Waals surface area contributed by atoms with Crippen molar-refractivity contribution < 1.29 is 17.9 Å². The van der Waals surface area contributed by atoms with Crippen molar-refractivity contribution in [2.75, 3.05) is 20.2 Å². The SMILES string of the molecule is COc1ccc(S(=O)(=O)NC2CCN(C(=O)Cc3cccs3)CC2)cc1. The molecule has 26 heavy (non-hydrogen) atoms. The van der Waals surface area contributed by atoms with Crippen LogP contribution in [0.1, 0.15) is 17.7 Å². The average molecular weight is 395 g/mol. The third-order valence-corrected chi connectivity index (χ3v) is 6.86. The lowest BCUT2D eigenvalue weighted by Crippen LogP contribution is -2.46. The molecule has 8 heteroatoms. The zero-order chi connectivity index (χ0) is 18.6. The molecule has 1 amide bonds. The van der Waals surface area contributed by atoms with Crippen LogP contribution in [0.25, 0.3) is 0 Å². The lowest BCUT2D eigenvalue weighted by Gasteiger charge is -2.32. The van der Waals surface area contributed by atoms with Gasteiger partial charge in [0.15, 0.2) is 0 Å². The Hall–Kier alpha value is -1.90. The zero-order valence-corrected chi connectivity index (χ0v) is 16.2. The Morgan fingerprint density at radius 3 is 2.50 bits per heavy atom. The largest absolute Gasteiger partial charge is 0.497 e. The normalized spacial score (nSPS) is 15.8. The van der Waals surface area contributed by atoms with Crippen molar-refractivity contribution in [2.24, 2.45) is 0 Å². The van der Waals surface area contributed by atoms with E-state index in [1.54, 1.807) is 23.5 Å². The van der Waals surface area contributed by atoms with E-state index >= 15 is 0 Å². The van der Waals surface area contributed by atoms with Crippen molar-refractivity contribution in [3.63, 3.8) is 0 Å². The summed E-state index contributed by atoms with van der Waals surface area (Å²) in [5.41, 5.74) is 0. The predicted molar refractivity (Wildman–Crippen MR) is 101 cm³/mol. The van der Waals surface area contributed by atoms with E-state index in [9.17, 15) is 13.2 Å². The molecule has 0 bridgehead atoms. The molecule has 0 atom stereocenters. The van der Waals surface area contributed by atoms with Crippen LogP contribution in [-0.2, 0) is 21.2 Å². The van der Waals surface area contributed by atoms with E-state index in [0.29, 0.717) is 38.1 Å². The van der Waals surface area contributed by atoms with Crippen LogP contribution in [0.5, 0.6) is 5.75 Å². The van der Waals surface area contributed by atoms with E-state index in [1.807, 2.05) is 22.4 Å². The molecule has 0 aliphatic carbocycles. The van der Waals surface area contributed by atoms with Crippen LogP contribution in [0.4, 0.5) is 0 Å². The van der Waals surface area contributed by atoms with Crippen LogP contribution >= 0.6 is 11.3 Å². The summed E-state index contributed by atoms with van der Waals surface area (Å²) in [7, 11) is -2.03. The highest BCUT2D eigenvalue weighted by atomic mass is 32.2. The van der Waals surface area contributed by atoms with Crippen molar-refractivity contribution in [1.29, 1.82) is 0 Å². The number of nitrogens with one attached hydrogen (secondary N) is 1. The highest BCUT2D eigenvalue weighted by molar-refractivity contribution is 7.89. The van der Waals surface area contributed by atoms with E-state index in [4.69, 9.17) is 4.74 Å². The predicted octanol–water partition coefficient (Wildman–Crippen LogP) is 2.27. The van der Waals surface area contributed by atoms with Gasteiger partial charge in [-0.1, -0.05) is 6.07 Å². The highest BCUT2D eigenvalue weighted by Gasteiger charge is 2.26. The number of ether oxygens (including phenoxy) is 1. The molecule has 1 aliphatic rings. The Morgan fingerprint density at radius 2 is 1.92 bits per heavy atom.